The summed E-state index contributed by atoms with van der Waals surface area (Å²) in [5.41, 5.74) is 0. The molecule has 0 saturated carbocycles. The zero-order valence-electron chi connectivity index (χ0n) is 8.37. The maximum Gasteiger partial charge on any atom is 0.396 e. The van der Waals surface area contributed by atoms with Crippen molar-refractivity contribution < 1.29 is 27.2 Å². The Labute approximate surface area is 88.6 Å². The summed E-state index contributed by atoms with van der Waals surface area (Å²) in [4.78, 5) is 14.4. The van der Waals surface area contributed by atoms with Gasteiger partial charge in [0.25, 0.3) is 0 Å². The van der Waals surface area contributed by atoms with Gasteiger partial charge >= 0.3 is 12.1 Å². The van der Waals surface area contributed by atoms with E-state index in [9.17, 15) is 18.0 Å². The number of hydrogen-bond acceptors (Lipinski definition) is 5. The third-order valence-electron chi connectivity index (χ3n) is 1.47. The van der Waals surface area contributed by atoms with Crippen molar-refractivity contribution >= 4 is 5.97 Å². The molecule has 90 valence electrons. The van der Waals surface area contributed by atoms with Crippen LogP contribution in [0.3, 0.4) is 0 Å². The number of ether oxygens (including phenoxy) is 1. The van der Waals surface area contributed by atoms with E-state index in [0.717, 1.165) is 0 Å². The minimum absolute atomic E-state index is 0.183. The van der Waals surface area contributed by atoms with E-state index in [1.807, 2.05) is 0 Å². The van der Waals surface area contributed by atoms with Crippen molar-refractivity contribution in [2.24, 2.45) is 0 Å². The molecule has 0 saturated heterocycles. The third-order valence-corrected chi connectivity index (χ3v) is 1.47. The van der Waals surface area contributed by atoms with Crippen LogP contribution in [-0.2, 0) is 22.4 Å². The molecule has 0 N–H and O–H groups in total. The molecule has 0 aliphatic rings. The van der Waals surface area contributed by atoms with Crippen molar-refractivity contribution in [1.29, 1.82) is 0 Å². The lowest BCUT2D eigenvalue weighted by molar-refractivity contribution is -0.142. The van der Waals surface area contributed by atoms with E-state index in [4.69, 9.17) is 0 Å². The highest BCUT2D eigenvalue weighted by Gasteiger charge is 2.30. The zero-order valence-corrected chi connectivity index (χ0v) is 8.37. The van der Waals surface area contributed by atoms with Gasteiger partial charge in [-0.2, -0.15) is 18.2 Å². The van der Waals surface area contributed by atoms with Gasteiger partial charge in [-0.1, -0.05) is 5.16 Å². The molecular formula is C8H9F3N2O3. The lowest BCUT2D eigenvalue weighted by Gasteiger charge is -1.99. The average molecular weight is 238 g/mol. The number of alkyl halides is 3. The Morgan fingerprint density at radius 3 is 2.75 bits per heavy atom. The molecule has 8 heteroatoms. The number of nitrogens with zero attached hydrogens (tertiary/aromatic N) is 2. The Morgan fingerprint density at radius 1 is 1.50 bits per heavy atom. The van der Waals surface area contributed by atoms with E-state index in [0.29, 0.717) is 0 Å². The van der Waals surface area contributed by atoms with Gasteiger partial charge in [0.05, 0.1) is 6.61 Å². The summed E-state index contributed by atoms with van der Waals surface area (Å²) in [6.07, 6.45) is -6.00. The van der Waals surface area contributed by atoms with Crippen LogP contribution in [0.25, 0.3) is 0 Å². The van der Waals surface area contributed by atoms with Gasteiger partial charge in [-0.05, 0) is 6.92 Å². The predicted octanol–water partition coefficient (Wildman–Crippen LogP) is 1.28. The maximum atomic E-state index is 11.9. The molecule has 0 aliphatic carbocycles. The number of halogens is 3. The van der Waals surface area contributed by atoms with Gasteiger partial charge in [0.1, 0.15) is 12.8 Å². The molecule has 16 heavy (non-hydrogen) atoms. The molecule has 0 bridgehead atoms. The molecule has 1 aromatic heterocycles. The van der Waals surface area contributed by atoms with Gasteiger partial charge in [0.15, 0.2) is 5.82 Å². The van der Waals surface area contributed by atoms with E-state index < -0.39 is 24.4 Å². The topological polar surface area (TPSA) is 65.2 Å². The van der Waals surface area contributed by atoms with E-state index in [-0.39, 0.29) is 18.9 Å². The molecular weight excluding hydrogens is 229 g/mol. The van der Waals surface area contributed by atoms with Crippen LogP contribution in [0, 0.1) is 0 Å². The fourth-order valence-corrected chi connectivity index (χ4v) is 0.949. The summed E-state index contributed by atoms with van der Waals surface area (Å²) in [5.74, 6) is -1.30. The Balaban J connectivity index is 2.55. The van der Waals surface area contributed by atoms with Crippen molar-refractivity contribution in [3.63, 3.8) is 0 Å². The molecule has 0 spiro atoms. The fraction of sp³-hybridized carbons (Fsp3) is 0.625. The van der Waals surface area contributed by atoms with E-state index in [1.165, 1.54) is 0 Å². The normalized spacial score (nSPS) is 11.5. The summed E-state index contributed by atoms with van der Waals surface area (Å²) in [6.45, 7) is 1.79. The Hall–Kier alpha value is -1.60. The first kappa shape index (κ1) is 12.5. The van der Waals surface area contributed by atoms with E-state index in [1.54, 1.807) is 6.92 Å². The highest BCUT2D eigenvalue weighted by Crippen LogP contribution is 2.19. The van der Waals surface area contributed by atoms with Crippen molar-refractivity contribution in [2.75, 3.05) is 6.61 Å². The van der Waals surface area contributed by atoms with Gasteiger partial charge in [-0.15, -0.1) is 0 Å². The summed E-state index contributed by atoms with van der Waals surface area (Å²) >= 11 is 0. The molecule has 0 atom stereocenters. The SMILES string of the molecule is CCOC(=O)Cc1nc(CC(F)(F)F)no1. The van der Waals surface area contributed by atoms with Gasteiger partial charge in [-0.25, -0.2) is 0 Å². The highest BCUT2D eigenvalue weighted by atomic mass is 19.4. The minimum atomic E-state index is -4.40. The van der Waals surface area contributed by atoms with Gasteiger partial charge < -0.3 is 9.26 Å². The number of rotatable bonds is 4. The molecule has 0 aromatic carbocycles. The van der Waals surface area contributed by atoms with Crippen molar-refractivity contribution in [3.8, 4) is 0 Å². The first-order chi connectivity index (χ1) is 7.40. The molecule has 0 radical (unpaired) electrons. The predicted molar refractivity (Wildman–Crippen MR) is 44.4 cm³/mol. The second kappa shape index (κ2) is 4.95. The monoisotopic (exact) mass is 238 g/mol. The van der Waals surface area contributed by atoms with Crippen LogP contribution in [0.15, 0.2) is 4.52 Å². The molecule has 1 heterocycles. The van der Waals surface area contributed by atoms with E-state index >= 15 is 0 Å². The largest absolute Gasteiger partial charge is 0.466 e. The van der Waals surface area contributed by atoms with Crippen LogP contribution in [0.4, 0.5) is 13.2 Å². The molecule has 1 aromatic rings. The molecule has 5 nitrogen and oxygen atoms in total. The van der Waals surface area contributed by atoms with Crippen molar-refractivity contribution in [3.05, 3.63) is 11.7 Å². The summed E-state index contributed by atoms with van der Waals surface area (Å²) in [6, 6.07) is 0. The zero-order chi connectivity index (χ0) is 12.2. The van der Waals surface area contributed by atoms with Crippen LogP contribution >= 0.6 is 0 Å². The molecule has 0 fully saturated rings. The van der Waals surface area contributed by atoms with Crippen LogP contribution in [0.2, 0.25) is 0 Å². The summed E-state index contributed by atoms with van der Waals surface area (Å²) in [5, 5.41) is 3.10. The molecule has 0 unspecified atom stereocenters. The van der Waals surface area contributed by atoms with Crippen molar-refractivity contribution in [1.82, 2.24) is 10.1 Å². The maximum absolute atomic E-state index is 11.9. The molecule has 1 rings (SSSR count). The van der Waals surface area contributed by atoms with E-state index in [2.05, 4.69) is 19.4 Å². The quantitative estimate of drug-likeness (QED) is 0.739. The van der Waals surface area contributed by atoms with Crippen LogP contribution in [0.5, 0.6) is 0 Å². The number of hydrogen-bond donors (Lipinski definition) is 0. The first-order valence-electron chi connectivity index (χ1n) is 4.44. The lowest BCUT2D eigenvalue weighted by atomic mass is 10.4. The Bertz CT molecular complexity index is 362. The first-order valence-corrected chi connectivity index (χ1v) is 4.44. The summed E-state index contributed by atoms with van der Waals surface area (Å²) in [7, 11) is 0. The number of carbonyl (C=O) groups is 1. The fourth-order valence-electron chi connectivity index (χ4n) is 0.949. The van der Waals surface area contributed by atoms with Gasteiger partial charge in [0.2, 0.25) is 5.89 Å². The Morgan fingerprint density at radius 2 is 2.19 bits per heavy atom. The smallest absolute Gasteiger partial charge is 0.396 e. The number of carbonyl (C=O) groups excluding carboxylic acids is 1. The standard InChI is InChI=1S/C8H9F3N2O3/c1-2-15-7(14)3-6-12-5(13-16-6)4-8(9,10)11/h2-4H2,1H3. The van der Waals surface area contributed by atoms with Crippen LogP contribution in [-0.4, -0.2) is 28.9 Å². The minimum Gasteiger partial charge on any atom is -0.466 e. The van der Waals surface area contributed by atoms with Crippen molar-refractivity contribution in [2.45, 2.75) is 25.9 Å². The number of esters is 1. The van der Waals surface area contributed by atoms with Gasteiger partial charge in [0, 0.05) is 0 Å². The van der Waals surface area contributed by atoms with Crippen LogP contribution in [0.1, 0.15) is 18.6 Å². The lowest BCUT2D eigenvalue weighted by Crippen LogP contribution is -2.13. The summed E-state index contributed by atoms with van der Waals surface area (Å²) < 4.78 is 44.8. The third kappa shape index (κ3) is 4.28. The second-order valence-corrected chi connectivity index (χ2v) is 2.88. The molecule has 0 aliphatic heterocycles. The second-order valence-electron chi connectivity index (χ2n) is 2.88. The Kier molecular flexibility index (Phi) is 3.86. The van der Waals surface area contributed by atoms with Crippen LogP contribution < -0.4 is 0 Å². The highest BCUT2D eigenvalue weighted by molar-refractivity contribution is 5.71. The number of aromatic nitrogens is 2. The average Bonchev–Trinajstić information content (AvgIpc) is 2.49. The van der Waals surface area contributed by atoms with Gasteiger partial charge in [-0.3, -0.25) is 4.79 Å². The molecule has 0 amide bonds.